The zero-order valence-electron chi connectivity index (χ0n) is 9.81. The summed E-state index contributed by atoms with van der Waals surface area (Å²) in [5, 5.41) is 31.1. The van der Waals surface area contributed by atoms with Gasteiger partial charge in [0.05, 0.1) is 28.7 Å². The number of hydrogen-bond acceptors (Lipinski definition) is 6. The number of rotatable bonds is 3. The van der Waals surface area contributed by atoms with Crippen molar-refractivity contribution < 1.29 is 14.7 Å². The number of carbonyl (C=O) groups is 2. The van der Waals surface area contributed by atoms with Gasteiger partial charge in [-0.25, -0.2) is 0 Å². The van der Waals surface area contributed by atoms with Gasteiger partial charge in [0.2, 0.25) is 5.91 Å². The zero-order valence-corrected chi connectivity index (χ0v) is 10.6. The number of aliphatic carboxylic acids is 1. The Kier molecular flexibility index (Phi) is 4.00. The van der Waals surface area contributed by atoms with Crippen molar-refractivity contribution in [1.82, 2.24) is 5.32 Å². The SMILES string of the molecule is CC1(C)C(C#N)=C(SCC(=O)[O-])NC(=O)C1C#N. The van der Waals surface area contributed by atoms with E-state index in [4.69, 9.17) is 10.5 Å². The van der Waals surface area contributed by atoms with Gasteiger partial charge in [-0.05, 0) is 0 Å². The second-order valence-electron chi connectivity index (χ2n) is 4.25. The Labute approximate surface area is 108 Å². The summed E-state index contributed by atoms with van der Waals surface area (Å²) in [5.41, 5.74) is -0.736. The molecule has 0 aromatic heterocycles. The second-order valence-corrected chi connectivity index (χ2v) is 5.24. The molecule has 1 atom stereocenters. The Bertz CT molecular complexity index is 511. The first-order valence-corrected chi connectivity index (χ1v) is 6.01. The fourth-order valence-corrected chi connectivity index (χ4v) is 2.55. The van der Waals surface area contributed by atoms with E-state index in [9.17, 15) is 14.7 Å². The highest BCUT2D eigenvalue weighted by atomic mass is 32.2. The fourth-order valence-electron chi connectivity index (χ4n) is 1.67. The quantitative estimate of drug-likeness (QED) is 0.734. The van der Waals surface area contributed by atoms with Gasteiger partial charge in [0.15, 0.2) is 0 Å². The van der Waals surface area contributed by atoms with Crippen LogP contribution in [0, 0.1) is 34.0 Å². The minimum absolute atomic E-state index is 0.184. The maximum atomic E-state index is 11.7. The van der Waals surface area contributed by atoms with E-state index < -0.39 is 23.2 Å². The van der Waals surface area contributed by atoms with Gasteiger partial charge in [-0.15, -0.1) is 11.8 Å². The van der Waals surface area contributed by atoms with Crippen LogP contribution in [-0.4, -0.2) is 17.6 Å². The molecule has 0 radical (unpaired) electrons. The third-order valence-corrected chi connectivity index (χ3v) is 3.64. The number of nitrogens with zero attached hydrogens (tertiary/aromatic N) is 2. The molecule has 18 heavy (non-hydrogen) atoms. The van der Waals surface area contributed by atoms with Crippen molar-refractivity contribution in [3.05, 3.63) is 10.6 Å². The first-order valence-electron chi connectivity index (χ1n) is 5.02. The lowest BCUT2D eigenvalue weighted by atomic mass is 9.72. The van der Waals surface area contributed by atoms with Crippen LogP contribution >= 0.6 is 11.8 Å². The van der Waals surface area contributed by atoms with E-state index in [0.717, 1.165) is 11.8 Å². The van der Waals surface area contributed by atoms with Gasteiger partial charge in [0, 0.05) is 11.2 Å². The van der Waals surface area contributed by atoms with Gasteiger partial charge in [0.25, 0.3) is 0 Å². The largest absolute Gasteiger partial charge is 0.549 e. The third-order valence-electron chi connectivity index (χ3n) is 2.67. The van der Waals surface area contributed by atoms with Gasteiger partial charge in [-0.2, -0.15) is 10.5 Å². The number of hydrogen-bond donors (Lipinski definition) is 1. The lowest BCUT2D eigenvalue weighted by Crippen LogP contribution is -2.44. The molecule has 1 heterocycles. The summed E-state index contributed by atoms with van der Waals surface area (Å²) in [7, 11) is 0. The van der Waals surface area contributed by atoms with Crippen LogP contribution in [-0.2, 0) is 9.59 Å². The van der Waals surface area contributed by atoms with Crippen LogP contribution in [0.25, 0.3) is 0 Å². The first kappa shape index (κ1) is 14.1. The molecular weight excluding hydrogens is 254 g/mol. The van der Waals surface area contributed by atoms with Gasteiger partial charge >= 0.3 is 0 Å². The summed E-state index contributed by atoms with van der Waals surface area (Å²) >= 11 is 0.810. The molecule has 1 amide bonds. The predicted octanol–water partition coefficient (Wildman–Crippen LogP) is -0.500. The molecular formula is C11H10N3O3S-. The standard InChI is InChI=1S/C11H11N3O3S/c1-11(2)6(3-12)9(17)14-10(7(11)4-13)18-5-8(15)16/h6H,5H2,1-2H3,(H,14,17)(H,15,16)/p-1. The number of nitriles is 2. The molecule has 1 unspecified atom stereocenters. The van der Waals surface area contributed by atoms with Crippen LogP contribution in [0.15, 0.2) is 10.6 Å². The molecule has 0 aliphatic carbocycles. The van der Waals surface area contributed by atoms with E-state index in [1.165, 1.54) is 0 Å². The van der Waals surface area contributed by atoms with Crippen molar-refractivity contribution >= 4 is 23.6 Å². The lowest BCUT2D eigenvalue weighted by molar-refractivity contribution is -0.301. The van der Waals surface area contributed by atoms with Crippen LogP contribution in [0.2, 0.25) is 0 Å². The Morgan fingerprint density at radius 2 is 2.17 bits per heavy atom. The highest BCUT2D eigenvalue weighted by Crippen LogP contribution is 2.41. The maximum Gasteiger partial charge on any atom is 0.243 e. The van der Waals surface area contributed by atoms with Crippen LogP contribution < -0.4 is 10.4 Å². The summed E-state index contributed by atoms with van der Waals surface area (Å²) in [4.78, 5) is 22.1. The van der Waals surface area contributed by atoms with Crippen molar-refractivity contribution in [2.45, 2.75) is 13.8 Å². The van der Waals surface area contributed by atoms with E-state index in [-0.39, 0.29) is 16.4 Å². The van der Waals surface area contributed by atoms with Gasteiger partial charge in [0.1, 0.15) is 5.92 Å². The number of allylic oxidation sites excluding steroid dienone is 1. The van der Waals surface area contributed by atoms with E-state index in [0.29, 0.717) is 0 Å². The molecule has 7 heteroatoms. The minimum atomic E-state index is -1.29. The first-order chi connectivity index (χ1) is 8.34. The molecule has 0 aromatic carbocycles. The van der Waals surface area contributed by atoms with Gasteiger partial charge in [-0.3, -0.25) is 4.79 Å². The molecule has 6 nitrogen and oxygen atoms in total. The molecule has 1 aliphatic rings. The summed E-state index contributed by atoms with van der Waals surface area (Å²) in [6, 6.07) is 3.79. The smallest absolute Gasteiger partial charge is 0.243 e. The Balaban J connectivity index is 3.18. The normalized spacial score (nSPS) is 21.8. The number of amides is 1. The van der Waals surface area contributed by atoms with Crippen LogP contribution in [0.3, 0.4) is 0 Å². The summed E-state index contributed by atoms with van der Waals surface area (Å²) in [6.07, 6.45) is 0. The number of carboxylic acids is 1. The predicted molar refractivity (Wildman–Crippen MR) is 61.1 cm³/mol. The van der Waals surface area contributed by atoms with E-state index >= 15 is 0 Å². The average Bonchev–Trinajstić information content (AvgIpc) is 2.25. The van der Waals surface area contributed by atoms with E-state index in [2.05, 4.69) is 5.32 Å². The van der Waals surface area contributed by atoms with E-state index in [1.807, 2.05) is 12.1 Å². The van der Waals surface area contributed by atoms with E-state index in [1.54, 1.807) is 13.8 Å². The van der Waals surface area contributed by atoms with Gasteiger partial charge < -0.3 is 15.2 Å². The van der Waals surface area contributed by atoms with Crippen LogP contribution in [0.4, 0.5) is 0 Å². The lowest BCUT2D eigenvalue weighted by Gasteiger charge is -2.34. The van der Waals surface area contributed by atoms with Crippen molar-refractivity contribution in [2.24, 2.45) is 11.3 Å². The molecule has 0 saturated carbocycles. The monoisotopic (exact) mass is 264 g/mol. The minimum Gasteiger partial charge on any atom is -0.549 e. The molecule has 0 fully saturated rings. The summed E-state index contributed by atoms with van der Waals surface area (Å²) in [6.45, 7) is 3.22. The maximum absolute atomic E-state index is 11.7. The Morgan fingerprint density at radius 1 is 1.56 bits per heavy atom. The molecule has 0 spiro atoms. The molecule has 0 bridgehead atoms. The van der Waals surface area contributed by atoms with Crippen molar-refractivity contribution in [3.63, 3.8) is 0 Å². The number of thioether (sulfide) groups is 1. The molecule has 1 N–H and O–H groups in total. The highest BCUT2D eigenvalue weighted by molar-refractivity contribution is 8.03. The third kappa shape index (κ3) is 2.47. The van der Waals surface area contributed by atoms with Crippen molar-refractivity contribution in [3.8, 4) is 12.1 Å². The fraction of sp³-hybridized carbons (Fsp3) is 0.455. The Morgan fingerprint density at radius 3 is 2.61 bits per heavy atom. The number of carboxylic acid groups (broad SMARTS) is 1. The molecule has 1 aliphatic heterocycles. The van der Waals surface area contributed by atoms with Gasteiger partial charge in [-0.1, -0.05) is 13.8 Å². The van der Waals surface area contributed by atoms with Crippen molar-refractivity contribution in [2.75, 3.05) is 5.75 Å². The molecule has 1 rings (SSSR count). The van der Waals surface area contributed by atoms with Crippen LogP contribution in [0.1, 0.15) is 13.8 Å². The number of nitrogens with one attached hydrogen (secondary N) is 1. The average molecular weight is 264 g/mol. The zero-order chi connectivity index (χ0) is 13.9. The van der Waals surface area contributed by atoms with Crippen molar-refractivity contribution in [1.29, 1.82) is 10.5 Å². The topological polar surface area (TPSA) is 117 Å². The molecule has 0 aromatic rings. The molecule has 0 saturated heterocycles. The summed E-state index contributed by atoms with van der Waals surface area (Å²) < 4.78 is 0. The highest BCUT2D eigenvalue weighted by Gasteiger charge is 2.44. The van der Waals surface area contributed by atoms with Crippen LogP contribution in [0.5, 0.6) is 0 Å². The second kappa shape index (κ2) is 5.11. The number of carbonyl (C=O) groups excluding carboxylic acids is 2. The molecule has 94 valence electrons. The Hall–Kier alpha value is -1.99. The summed E-state index contributed by atoms with van der Waals surface area (Å²) in [5.74, 6) is -3.16.